The lowest BCUT2D eigenvalue weighted by Crippen LogP contribution is -2.54. The fraction of sp³-hybridized carbons (Fsp3) is 0.500. The highest BCUT2D eigenvalue weighted by atomic mass is 16.2. The van der Waals surface area contributed by atoms with E-state index < -0.39 is 12.1 Å². The summed E-state index contributed by atoms with van der Waals surface area (Å²) in [5.41, 5.74) is 10.2. The van der Waals surface area contributed by atoms with E-state index in [0.29, 0.717) is 12.3 Å². The van der Waals surface area contributed by atoms with E-state index in [1.54, 1.807) is 0 Å². The average Bonchev–Trinajstić information content (AvgIpc) is 2.94. The van der Waals surface area contributed by atoms with Crippen LogP contribution < -0.4 is 16.4 Å². The third kappa shape index (κ3) is 6.23. The summed E-state index contributed by atoms with van der Waals surface area (Å²) in [6.07, 6.45) is 9.54. The molecule has 5 heteroatoms. The maximum absolute atomic E-state index is 13.4. The fourth-order valence-electron chi connectivity index (χ4n) is 5.48. The van der Waals surface area contributed by atoms with Gasteiger partial charge in [0.15, 0.2) is 0 Å². The number of nitrogens with two attached hydrogens (primary N) is 1. The molecule has 176 valence electrons. The van der Waals surface area contributed by atoms with Gasteiger partial charge in [0.1, 0.15) is 0 Å². The van der Waals surface area contributed by atoms with E-state index in [2.05, 4.69) is 47.9 Å². The van der Waals surface area contributed by atoms with Crippen molar-refractivity contribution in [2.45, 2.75) is 76.8 Å². The Kier molecular flexibility index (Phi) is 7.81. The molecule has 1 aliphatic carbocycles. The monoisotopic (exact) mass is 447 g/mol. The topological polar surface area (TPSA) is 84.2 Å². The average molecular weight is 448 g/mol. The van der Waals surface area contributed by atoms with Gasteiger partial charge < -0.3 is 11.1 Å². The van der Waals surface area contributed by atoms with Gasteiger partial charge in [-0.25, -0.2) is 0 Å². The summed E-state index contributed by atoms with van der Waals surface area (Å²) in [7, 11) is 0. The fourth-order valence-corrected chi connectivity index (χ4v) is 5.48. The van der Waals surface area contributed by atoms with E-state index in [1.807, 2.05) is 18.2 Å². The first-order valence-electron chi connectivity index (χ1n) is 12.5. The molecule has 2 aliphatic rings. The lowest BCUT2D eigenvalue weighted by molar-refractivity contribution is -0.122. The number of primary amides is 1. The number of aryl methyl sites for hydroxylation is 1. The number of anilines is 1. The minimum absolute atomic E-state index is 0.0212. The van der Waals surface area contributed by atoms with Gasteiger partial charge in [0, 0.05) is 5.69 Å². The smallest absolute Gasteiger partial charge is 0.241 e. The molecule has 3 atom stereocenters. The lowest BCUT2D eigenvalue weighted by atomic mass is 9.84. The molecule has 5 nitrogen and oxygen atoms in total. The van der Waals surface area contributed by atoms with Crippen LogP contribution in [0.15, 0.2) is 48.5 Å². The predicted molar refractivity (Wildman–Crippen MR) is 133 cm³/mol. The number of benzene rings is 2. The van der Waals surface area contributed by atoms with Crippen molar-refractivity contribution in [3.8, 4) is 0 Å². The van der Waals surface area contributed by atoms with Gasteiger partial charge >= 0.3 is 0 Å². The third-order valence-electron chi connectivity index (χ3n) is 7.44. The molecule has 1 fully saturated rings. The second-order valence-corrected chi connectivity index (χ2v) is 9.98. The van der Waals surface area contributed by atoms with E-state index in [-0.39, 0.29) is 17.7 Å². The quantitative estimate of drug-likeness (QED) is 0.556. The number of hydrogen-bond acceptors (Lipinski definition) is 3. The Morgan fingerprint density at radius 2 is 1.82 bits per heavy atom. The molecule has 0 spiro atoms. The number of rotatable bonds is 8. The van der Waals surface area contributed by atoms with Crippen LogP contribution in [0.4, 0.5) is 5.69 Å². The highest BCUT2D eigenvalue weighted by molar-refractivity contribution is 5.97. The minimum atomic E-state index is -0.496. The lowest BCUT2D eigenvalue weighted by Gasteiger charge is -2.29. The van der Waals surface area contributed by atoms with Crippen LogP contribution in [0, 0.1) is 18.8 Å². The van der Waals surface area contributed by atoms with E-state index in [9.17, 15) is 9.59 Å². The molecule has 4 rings (SSSR count). The predicted octanol–water partition coefficient (Wildman–Crippen LogP) is 4.52. The second kappa shape index (κ2) is 11.0. The van der Waals surface area contributed by atoms with E-state index >= 15 is 0 Å². The molecule has 33 heavy (non-hydrogen) atoms. The van der Waals surface area contributed by atoms with Crippen molar-refractivity contribution < 1.29 is 9.59 Å². The molecule has 1 heterocycles. The van der Waals surface area contributed by atoms with E-state index in [1.165, 1.54) is 43.2 Å². The molecule has 2 aromatic carbocycles. The summed E-state index contributed by atoms with van der Waals surface area (Å²) in [6.45, 7) is 2.08. The van der Waals surface area contributed by atoms with Gasteiger partial charge in [0.05, 0.1) is 12.1 Å². The van der Waals surface area contributed by atoms with Gasteiger partial charge in [-0.1, -0.05) is 80.1 Å². The van der Waals surface area contributed by atoms with Crippen LogP contribution >= 0.6 is 0 Å². The Labute approximate surface area is 197 Å². The molecule has 0 saturated heterocycles. The van der Waals surface area contributed by atoms with Crippen LogP contribution in [0.25, 0.3) is 0 Å². The number of carbonyl (C=O) groups is 2. The third-order valence-corrected chi connectivity index (χ3v) is 7.44. The largest absolute Gasteiger partial charge is 0.368 e. The molecule has 1 unspecified atom stereocenters. The Hall–Kier alpha value is -2.66. The van der Waals surface area contributed by atoms with Gasteiger partial charge in [0.25, 0.3) is 0 Å². The molecule has 4 N–H and O–H groups in total. The summed E-state index contributed by atoms with van der Waals surface area (Å²) in [5.74, 6) is 0.237. The van der Waals surface area contributed by atoms with Crippen molar-refractivity contribution in [1.29, 1.82) is 0 Å². The SMILES string of the molecule is Cc1ccc(CC2Cc3ccccc3NC(=O)[C@H]2N[C@@H](CCC2CCCCC2)C(N)=O)cc1. The molecular weight excluding hydrogens is 410 g/mol. The number of hydrogen-bond donors (Lipinski definition) is 3. The molecule has 1 saturated carbocycles. The zero-order valence-electron chi connectivity index (χ0n) is 19.7. The van der Waals surface area contributed by atoms with Crippen LogP contribution in [-0.2, 0) is 22.4 Å². The highest BCUT2D eigenvalue weighted by Gasteiger charge is 2.35. The van der Waals surface area contributed by atoms with Gasteiger partial charge in [-0.3, -0.25) is 14.9 Å². The number of nitrogens with one attached hydrogen (secondary N) is 2. The Balaban J connectivity index is 1.54. The van der Waals surface area contributed by atoms with E-state index in [4.69, 9.17) is 5.73 Å². The highest BCUT2D eigenvalue weighted by Crippen LogP contribution is 2.30. The molecule has 0 radical (unpaired) electrons. The maximum Gasteiger partial charge on any atom is 0.241 e. The van der Waals surface area contributed by atoms with Crippen molar-refractivity contribution in [2.24, 2.45) is 17.6 Å². The van der Waals surface area contributed by atoms with Gasteiger partial charge in [-0.2, -0.15) is 0 Å². The molecule has 1 aliphatic heterocycles. The summed E-state index contributed by atoms with van der Waals surface area (Å²) in [4.78, 5) is 25.8. The first-order chi connectivity index (χ1) is 16.0. The van der Waals surface area contributed by atoms with Crippen molar-refractivity contribution in [3.05, 3.63) is 65.2 Å². The number of carbonyl (C=O) groups excluding carboxylic acids is 2. The second-order valence-electron chi connectivity index (χ2n) is 9.98. The normalized spacial score (nSPS) is 22.2. The van der Waals surface area contributed by atoms with Gasteiger partial charge in [-0.15, -0.1) is 0 Å². The van der Waals surface area contributed by atoms with Gasteiger partial charge in [-0.05, 0) is 61.6 Å². The van der Waals surface area contributed by atoms with Crippen LogP contribution in [0.3, 0.4) is 0 Å². The number of amides is 2. The first kappa shape index (κ1) is 23.5. The zero-order chi connectivity index (χ0) is 23.2. The summed E-state index contributed by atoms with van der Waals surface area (Å²) < 4.78 is 0. The first-order valence-corrected chi connectivity index (χ1v) is 12.5. The number of para-hydroxylation sites is 1. The Bertz CT molecular complexity index is 950. The van der Waals surface area contributed by atoms with Crippen molar-refractivity contribution in [3.63, 3.8) is 0 Å². The van der Waals surface area contributed by atoms with Crippen molar-refractivity contribution in [1.82, 2.24) is 5.32 Å². The molecule has 0 bridgehead atoms. The Morgan fingerprint density at radius 3 is 2.55 bits per heavy atom. The maximum atomic E-state index is 13.4. The minimum Gasteiger partial charge on any atom is -0.368 e. The molecule has 2 amide bonds. The van der Waals surface area contributed by atoms with Crippen LogP contribution in [0.2, 0.25) is 0 Å². The van der Waals surface area contributed by atoms with Gasteiger partial charge in [0.2, 0.25) is 11.8 Å². The van der Waals surface area contributed by atoms with Crippen LogP contribution in [0.1, 0.15) is 61.6 Å². The van der Waals surface area contributed by atoms with Crippen LogP contribution in [-0.4, -0.2) is 23.9 Å². The van der Waals surface area contributed by atoms with E-state index in [0.717, 1.165) is 30.5 Å². The molecule has 0 aromatic heterocycles. The zero-order valence-corrected chi connectivity index (χ0v) is 19.7. The van der Waals surface area contributed by atoms with Crippen molar-refractivity contribution >= 4 is 17.5 Å². The summed E-state index contributed by atoms with van der Waals surface area (Å²) >= 11 is 0. The Morgan fingerprint density at radius 1 is 1.09 bits per heavy atom. The summed E-state index contributed by atoms with van der Waals surface area (Å²) in [6, 6.07) is 15.5. The number of fused-ring (bicyclic) bond motifs is 1. The summed E-state index contributed by atoms with van der Waals surface area (Å²) in [5, 5.41) is 6.51. The molecular formula is C28H37N3O2. The standard InChI is InChI=1S/C28H37N3O2/c1-19-11-13-21(14-12-19)17-23-18-22-9-5-6-10-24(22)31-28(33)26(23)30-25(27(29)32)16-15-20-7-3-2-4-8-20/h5-6,9-14,20,23,25-26,30H,2-4,7-8,15-18H2,1H3,(H2,29,32)(H,31,33)/t23?,25-,26-/m0/s1. The van der Waals surface area contributed by atoms with Crippen molar-refractivity contribution in [2.75, 3.05) is 5.32 Å². The molecule has 2 aromatic rings. The van der Waals surface area contributed by atoms with Crippen LogP contribution in [0.5, 0.6) is 0 Å².